The zero-order chi connectivity index (χ0) is 27.5. The van der Waals surface area contributed by atoms with Gasteiger partial charge in [0.1, 0.15) is 11.4 Å². The third-order valence-electron chi connectivity index (χ3n) is 5.42. The molecule has 0 fully saturated rings. The number of hydrogen-bond acceptors (Lipinski definition) is 6. The summed E-state index contributed by atoms with van der Waals surface area (Å²) in [7, 11) is -4.13. The van der Waals surface area contributed by atoms with Gasteiger partial charge >= 0.3 is 16.3 Å². The first kappa shape index (κ1) is 27.0. The predicted octanol–water partition coefficient (Wildman–Crippen LogP) is 4.11. The van der Waals surface area contributed by atoms with Crippen molar-refractivity contribution in [3.05, 3.63) is 100 Å². The number of carbonyl (C=O) groups is 1. The molecule has 0 spiro atoms. The van der Waals surface area contributed by atoms with Crippen LogP contribution >= 0.6 is 0 Å². The lowest BCUT2D eigenvalue weighted by molar-refractivity contribution is 0.0569. The van der Waals surface area contributed by atoms with Gasteiger partial charge in [-0.3, -0.25) is 4.79 Å². The Morgan fingerprint density at radius 2 is 1.55 bits per heavy atom. The van der Waals surface area contributed by atoms with E-state index in [1.54, 1.807) is 69.3 Å². The van der Waals surface area contributed by atoms with Gasteiger partial charge in [-0.05, 0) is 50.1 Å². The summed E-state index contributed by atoms with van der Waals surface area (Å²) in [6, 6.07) is 20.0. The monoisotopic (exact) mass is 538 g/mol. The second kappa shape index (κ2) is 10.7. The molecule has 3 aromatic carbocycles. The molecule has 4 rings (SSSR count). The van der Waals surface area contributed by atoms with Crippen molar-refractivity contribution in [1.82, 2.24) is 19.2 Å². The van der Waals surface area contributed by atoms with Crippen LogP contribution in [0.4, 0.5) is 9.18 Å². The number of carbonyl (C=O) groups excluding carboxylic acids is 1. The number of rotatable bonds is 7. The summed E-state index contributed by atoms with van der Waals surface area (Å²) in [4.78, 5) is 24.9. The molecule has 9 nitrogen and oxygen atoms in total. The van der Waals surface area contributed by atoms with Crippen molar-refractivity contribution < 1.29 is 22.3 Å². The van der Waals surface area contributed by atoms with Gasteiger partial charge in [-0.25, -0.2) is 18.6 Å². The molecule has 1 heterocycles. The molecule has 198 valence electrons. The Morgan fingerprint density at radius 3 is 2.18 bits per heavy atom. The van der Waals surface area contributed by atoms with Crippen LogP contribution in [-0.2, 0) is 28.0 Å². The molecule has 0 bridgehead atoms. The fourth-order valence-corrected chi connectivity index (χ4v) is 4.41. The molecule has 1 aromatic heterocycles. The summed E-state index contributed by atoms with van der Waals surface area (Å²) in [5.74, 6) is -0.365. The molecule has 0 saturated carbocycles. The molecule has 38 heavy (non-hydrogen) atoms. The molecule has 0 atom stereocenters. The smallest absolute Gasteiger partial charge is 0.422 e. The maximum absolute atomic E-state index is 13.3. The van der Waals surface area contributed by atoms with Gasteiger partial charge in [0, 0.05) is 17.5 Å². The molecule has 0 aliphatic carbocycles. The number of nitrogens with one attached hydrogen (secondary N) is 2. The third-order valence-corrected chi connectivity index (χ3v) is 6.38. The number of fused-ring (bicyclic) bond motifs is 1. The van der Waals surface area contributed by atoms with Gasteiger partial charge in [-0.2, -0.15) is 18.2 Å². The maximum Gasteiger partial charge on any atom is 0.422 e. The van der Waals surface area contributed by atoms with Crippen molar-refractivity contribution in [2.24, 2.45) is 0 Å². The van der Waals surface area contributed by atoms with E-state index in [4.69, 9.17) is 4.74 Å². The van der Waals surface area contributed by atoms with Gasteiger partial charge in [0.15, 0.2) is 0 Å². The molecule has 4 aromatic rings. The first-order chi connectivity index (χ1) is 17.9. The number of halogens is 1. The summed E-state index contributed by atoms with van der Waals surface area (Å²) in [5, 5.41) is 5.76. The molecule has 0 unspecified atom stereocenters. The van der Waals surface area contributed by atoms with E-state index in [0.717, 1.165) is 5.56 Å². The highest BCUT2D eigenvalue weighted by atomic mass is 32.2. The van der Waals surface area contributed by atoms with Crippen molar-refractivity contribution in [1.29, 1.82) is 0 Å². The Morgan fingerprint density at radius 1 is 0.947 bits per heavy atom. The highest BCUT2D eigenvalue weighted by molar-refractivity contribution is 7.88. The number of amides is 1. The largest absolute Gasteiger partial charge is 0.443 e. The number of benzene rings is 3. The number of aromatic nitrogens is 2. The van der Waals surface area contributed by atoms with Crippen LogP contribution in [0.15, 0.2) is 77.6 Å². The van der Waals surface area contributed by atoms with Crippen molar-refractivity contribution in [2.75, 3.05) is 0 Å². The summed E-state index contributed by atoms with van der Waals surface area (Å²) in [6.45, 7) is 4.97. The molecule has 0 aliphatic rings. The minimum Gasteiger partial charge on any atom is -0.443 e. The van der Waals surface area contributed by atoms with E-state index in [9.17, 15) is 22.4 Å². The van der Waals surface area contributed by atoms with Crippen LogP contribution in [0.2, 0.25) is 0 Å². The summed E-state index contributed by atoms with van der Waals surface area (Å²) < 4.78 is 48.1. The highest BCUT2D eigenvalue weighted by Gasteiger charge is 2.21. The van der Waals surface area contributed by atoms with Gasteiger partial charge in [0.25, 0.3) is 5.56 Å². The van der Waals surface area contributed by atoms with Crippen LogP contribution in [0, 0.1) is 5.82 Å². The minimum atomic E-state index is -4.13. The predicted molar refractivity (Wildman–Crippen MR) is 142 cm³/mol. The Bertz CT molecular complexity index is 1630. The second-order valence-electron chi connectivity index (χ2n) is 9.61. The van der Waals surface area contributed by atoms with Crippen LogP contribution in [-0.4, -0.2) is 29.9 Å². The SMILES string of the molecule is CC(C)(C)OC(=O)NS(=O)(=O)NCc1ccc(-c2nn(Cc3ccc(F)cc3)c(=O)c3ccccc23)cc1. The van der Waals surface area contributed by atoms with Crippen molar-refractivity contribution >= 4 is 27.1 Å². The van der Waals surface area contributed by atoms with Crippen LogP contribution in [0.25, 0.3) is 22.0 Å². The van der Waals surface area contributed by atoms with E-state index >= 15 is 0 Å². The normalized spacial score (nSPS) is 11.9. The average Bonchev–Trinajstić information content (AvgIpc) is 2.85. The van der Waals surface area contributed by atoms with E-state index in [2.05, 4.69) is 9.82 Å². The third kappa shape index (κ3) is 6.81. The summed E-state index contributed by atoms with van der Waals surface area (Å²) >= 11 is 0. The Labute approximate surface area is 219 Å². The van der Waals surface area contributed by atoms with E-state index in [0.29, 0.717) is 27.6 Å². The molecular formula is C27H27FN4O5S. The first-order valence-corrected chi connectivity index (χ1v) is 13.2. The van der Waals surface area contributed by atoms with Crippen LogP contribution in [0.1, 0.15) is 31.9 Å². The Balaban J connectivity index is 1.56. The van der Waals surface area contributed by atoms with Gasteiger partial charge in [0.05, 0.1) is 17.6 Å². The highest BCUT2D eigenvalue weighted by Crippen LogP contribution is 2.25. The fraction of sp³-hybridized carbons (Fsp3) is 0.222. The van der Waals surface area contributed by atoms with Gasteiger partial charge in [-0.15, -0.1) is 0 Å². The number of nitrogens with zero attached hydrogens (tertiary/aromatic N) is 2. The van der Waals surface area contributed by atoms with Crippen LogP contribution < -0.4 is 15.0 Å². The standard InChI is InChI=1S/C27H27FN4O5S/c1-27(2,3)37-26(34)31-38(35,36)29-16-18-8-12-20(13-9-18)24-22-6-4-5-7-23(22)25(33)32(30-24)17-19-10-14-21(28)15-11-19/h4-15,29H,16-17H2,1-3H3,(H,31,34). The van der Waals surface area contributed by atoms with Crippen LogP contribution in [0.5, 0.6) is 0 Å². The zero-order valence-corrected chi connectivity index (χ0v) is 21.9. The number of hydrogen-bond donors (Lipinski definition) is 2. The van der Waals surface area contributed by atoms with E-state index < -0.39 is 21.9 Å². The number of ether oxygens (including phenoxy) is 1. The lowest BCUT2D eigenvalue weighted by Crippen LogP contribution is -2.42. The minimum absolute atomic E-state index is 0.0728. The fourth-order valence-electron chi connectivity index (χ4n) is 3.72. The first-order valence-electron chi connectivity index (χ1n) is 11.7. The molecule has 0 saturated heterocycles. The van der Waals surface area contributed by atoms with Crippen molar-refractivity contribution in [3.63, 3.8) is 0 Å². The molecule has 0 radical (unpaired) electrons. The molecule has 11 heteroatoms. The second-order valence-corrected chi connectivity index (χ2v) is 11.1. The van der Waals surface area contributed by atoms with E-state index in [-0.39, 0.29) is 24.5 Å². The van der Waals surface area contributed by atoms with Crippen molar-refractivity contribution in [2.45, 2.75) is 39.5 Å². The molecule has 0 aliphatic heterocycles. The lowest BCUT2D eigenvalue weighted by atomic mass is 10.0. The van der Waals surface area contributed by atoms with Crippen LogP contribution in [0.3, 0.4) is 0 Å². The zero-order valence-electron chi connectivity index (χ0n) is 21.1. The topological polar surface area (TPSA) is 119 Å². The van der Waals surface area contributed by atoms with Gasteiger partial charge in [-0.1, -0.05) is 54.6 Å². The lowest BCUT2D eigenvalue weighted by Gasteiger charge is -2.19. The quantitative estimate of drug-likeness (QED) is 0.366. The molecular weight excluding hydrogens is 511 g/mol. The van der Waals surface area contributed by atoms with Gasteiger partial charge < -0.3 is 4.74 Å². The van der Waals surface area contributed by atoms with Crippen molar-refractivity contribution in [3.8, 4) is 11.3 Å². The Kier molecular flexibility index (Phi) is 7.61. The average molecular weight is 539 g/mol. The van der Waals surface area contributed by atoms with Gasteiger partial charge in [0.2, 0.25) is 0 Å². The molecule has 1 amide bonds. The van der Waals surface area contributed by atoms with E-state index in [1.807, 2.05) is 16.9 Å². The van der Waals surface area contributed by atoms with E-state index in [1.165, 1.54) is 16.8 Å². The summed E-state index contributed by atoms with van der Waals surface area (Å²) in [6.07, 6.45) is -1.07. The Hall–Kier alpha value is -4.09. The maximum atomic E-state index is 13.3. The summed E-state index contributed by atoms with van der Waals surface area (Å²) in [5.41, 5.74) is 1.54. The molecule has 2 N–H and O–H groups in total.